The second kappa shape index (κ2) is 4.90. The maximum atomic E-state index is 13.7. The minimum absolute atomic E-state index is 0.225. The summed E-state index contributed by atoms with van der Waals surface area (Å²) in [5.41, 5.74) is 5.88. The zero-order chi connectivity index (χ0) is 16.1. The van der Waals surface area contributed by atoms with Gasteiger partial charge in [-0.15, -0.1) is 0 Å². The molecule has 0 atom stereocenters. The van der Waals surface area contributed by atoms with Crippen LogP contribution < -0.4 is 0 Å². The van der Waals surface area contributed by atoms with E-state index in [0.29, 0.717) is 0 Å². The number of halogens is 1. The Bertz CT molecular complexity index is 1210. The van der Waals surface area contributed by atoms with Gasteiger partial charge in [-0.25, -0.2) is 9.37 Å². The van der Waals surface area contributed by atoms with E-state index in [2.05, 4.69) is 16.5 Å². The van der Waals surface area contributed by atoms with Crippen LogP contribution in [0.4, 0.5) is 4.39 Å². The summed E-state index contributed by atoms with van der Waals surface area (Å²) >= 11 is 0. The molecule has 0 spiro atoms. The molecule has 0 bridgehead atoms. The predicted molar refractivity (Wildman–Crippen MR) is 95.6 cm³/mol. The summed E-state index contributed by atoms with van der Waals surface area (Å²) in [6.07, 6.45) is 0. The maximum Gasteiger partial charge on any atom is 0.123 e. The van der Waals surface area contributed by atoms with Gasteiger partial charge < -0.3 is 4.40 Å². The molecular weight excluding hydrogens is 299 g/mol. The third-order valence-electron chi connectivity index (χ3n) is 4.41. The molecule has 5 aromatic rings. The number of hydrogen-bond acceptors (Lipinski definition) is 1. The molecule has 114 valence electrons. The average Bonchev–Trinajstić information content (AvgIpc) is 3.00. The molecule has 0 aliphatic rings. The van der Waals surface area contributed by atoms with Crippen LogP contribution in [0, 0.1) is 5.82 Å². The van der Waals surface area contributed by atoms with Crippen molar-refractivity contribution in [2.45, 2.75) is 0 Å². The van der Waals surface area contributed by atoms with E-state index in [1.54, 1.807) is 6.07 Å². The normalized spacial score (nSPS) is 11.5. The molecule has 0 saturated heterocycles. The molecule has 3 heteroatoms. The number of rotatable bonds is 1. The van der Waals surface area contributed by atoms with Crippen LogP contribution in [0.5, 0.6) is 0 Å². The number of benzene rings is 3. The number of aromatic nitrogens is 2. The molecule has 24 heavy (non-hydrogen) atoms. The van der Waals surface area contributed by atoms with Crippen LogP contribution in [0.25, 0.3) is 38.7 Å². The van der Waals surface area contributed by atoms with E-state index in [-0.39, 0.29) is 5.82 Å². The molecule has 0 saturated carbocycles. The summed E-state index contributed by atoms with van der Waals surface area (Å²) in [4.78, 5) is 4.88. The second-order valence-corrected chi connectivity index (χ2v) is 5.88. The lowest BCUT2D eigenvalue weighted by Crippen LogP contribution is -1.95. The van der Waals surface area contributed by atoms with Gasteiger partial charge in [0.1, 0.15) is 5.82 Å². The summed E-state index contributed by atoms with van der Waals surface area (Å²) in [5.74, 6) is -0.225. The summed E-state index contributed by atoms with van der Waals surface area (Å²) in [7, 11) is 0. The Kier molecular flexibility index (Phi) is 2.71. The summed E-state index contributed by atoms with van der Waals surface area (Å²) in [5, 5.41) is 0.880. The molecule has 0 aliphatic carbocycles. The Morgan fingerprint density at radius 1 is 0.708 bits per heavy atom. The van der Waals surface area contributed by atoms with E-state index in [1.807, 2.05) is 54.6 Å². The fraction of sp³-hybridized carbons (Fsp3) is 0. The lowest BCUT2D eigenvalue weighted by molar-refractivity contribution is 0.629. The van der Waals surface area contributed by atoms with Gasteiger partial charge in [-0.05, 0) is 36.4 Å². The van der Waals surface area contributed by atoms with E-state index < -0.39 is 0 Å². The van der Waals surface area contributed by atoms with Crippen LogP contribution in [-0.4, -0.2) is 9.38 Å². The van der Waals surface area contributed by atoms with Gasteiger partial charge in [0.2, 0.25) is 0 Å². The number of fused-ring (bicyclic) bond motifs is 5. The van der Waals surface area contributed by atoms with Gasteiger partial charge in [-0.2, -0.15) is 0 Å². The summed E-state index contributed by atoms with van der Waals surface area (Å²) < 4.78 is 15.8. The van der Waals surface area contributed by atoms with Crippen molar-refractivity contribution in [2.75, 3.05) is 0 Å². The standard InChI is InChI=1S/C21H13FN2/c22-16-10-11-18-15(12-16)13-20-21(14-6-2-1-3-7-14)23-17-8-4-5-9-19(17)24(18)20/h1-13H. The molecule has 0 aliphatic heterocycles. The van der Waals surface area contributed by atoms with Crippen molar-refractivity contribution in [3.05, 3.63) is 84.7 Å². The Hall–Kier alpha value is -3.20. The van der Waals surface area contributed by atoms with Gasteiger partial charge in [0.15, 0.2) is 0 Å². The monoisotopic (exact) mass is 312 g/mol. The highest BCUT2D eigenvalue weighted by Gasteiger charge is 2.13. The smallest absolute Gasteiger partial charge is 0.123 e. The molecule has 5 rings (SSSR count). The number of nitrogens with zero attached hydrogens (tertiary/aromatic N) is 2. The SMILES string of the molecule is Fc1ccc2c(c1)cc1c(-c3ccccc3)nc3ccccc3n12. The maximum absolute atomic E-state index is 13.7. The molecule has 0 unspecified atom stereocenters. The number of para-hydroxylation sites is 2. The van der Waals surface area contributed by atoms with E-state index in [1.165, 1.54) is 6.07 Å². The van der Waals surface area contributed by atoms with Gasteiger partial charge in [0.25, 0.3) is 0 Å². The van der Waals surface area contributed by atoms with Gasteiger partial charge >= 0.3 is 0 Å². The molecule has 0 fully saturated rings. The Balaban J connectivity index is 2.04. The van der Waals surface area contributed by atoms with Crippen molar-refractivity contribution in [1.29, 1.82) is 0 Å². The third-order valence-corrected chi connectivity index (χ3v) is 4.41. The van der Waals surface area contributed by atoms with Gasteiger partial charge in [-0.1, -0.05) is 42.5 Å². The van der Waals surface area contributed by atoms with Crippen LogP contribution in [0.1, 0.15) is 0 Å². The van der Waals surface area contributed by atoms with E-state index in [0.717, 1.165) is 38.7 Å². The fourth-order valence-electron chi connectivity index (χ4n) is 3.35. The Morgan fingerprint density at radius 2 is 1.50 bits per heavy atom. The number of hydrogen-bond donors (Lipinski definition) is 0. The molecule has 2 heterocycles. The van der Waals surface area contributed by atoms with E-state index >= 15 is 0 Å². The van der Waals surface area contributed by atoms with Gasteiger partial charge in [0, 0.05) is 10.9 Å². The highest BCUT2D eigenvalue weighted by atomic mass is 19.1. The fourth-order valence-corrected chi connectivity index (χ4v) is 3.35. The van der Waals surface area contributed by atoms with Crippen molar-refractivity contribution in [3.63, 3.8) is 0 Å². The zero-order valence-electron chi connectivity index (χ0n) is 12.8. The quantitative estimate of drug-likeness (QED) is 0.402. The largest absolute Gasteiger partial charge is 0.306 e. The molecule has 2 nitrogen and oxygen atoms in total. The van der Waals surface area contributed by atoms with Crippen LogP contribution in [0.3, 0.4) is 0 Å². The predicted octanol–water partition coefficient (Wildman–Crippen LogP) is 5.45. The van der Waals surface area contributed by atoms with E-state index in [9.17, 15) is 4.39 Å². The van der Waals surface area contributed by atoms with Crippen molar-refractivity contribution >= 4 is 27.5 Å². The lowest BCUT2D eigenvalue weighted by Gasteiger charge is -2.09. The first-order valence-corrected chi connectivity index (χ1v) is 7.86. The van der Waals surface area contributed by atoms with Crippen LogP contribution in [0.15, 0.2) is 78.9 Å². The van der Waals surface area contributed by atoms with E-state index in [4.69, 9.17) is 4.98 Å². The zero-order valence-corrected chi connectivity index (χ0v) is 12.8. The first-order chi connectivity index (χ1) is 11.8. The third kappa shape index (κ3) is 1.85. The Morgan fingerprint density at radius 3 is 2.38 bits per heavy atom. The van der Waals surface area contributed by atoms with Crippen molar-refractivity contribution in [1.82, 2.24) is 9.38 Å². The first kappa shape index (κ1) is 13.3. The van der Waals surface area contributed by atoms with Crippen molar-refractivity contribution < 1.29 is 4.39 Å². The average molecular weight is 312 g/mol. The summed E-state index contributed by atoms with van der Waals surface area (Å²) in [6.45, 7) is 0. The minimum atomic E-state index is -0.225. The first-order valence-electron chi connectivity index (χ1n) is 7.86. The Labute approximate surface area is 137 Å². The highest BCUT2D eigenvalue weighted by Crippen LogP contribution is 2.32. The van der Waals surface area contributed by atoms with Crippen LogP contribution >= 0.6 is 0 Å². The summed E-state index contributed by atoms with van der Waals surface area (Å²) in [6, 6.07) is 25.1. The molecule has 3 aromatic carbocycles. The minimum Gasteiger partial charge on any atom is -0.306 e. The van der Waals surface area contributed by atoms with Crippen molar-refractivity contribution in [2.24, 2.45) is 0 Å². The van der Waals surface area contributed by atoms with Gasteiger partial charge in [0.05, 0.1) is 27.8 Å². The topological polar surface area (TPSA) is 17.3 Å². The molecule has 0 amide bonds. The van der Waals surface area contributed by atoms with Gasteiger partial charge in [-0.3, -0.25) is 0 Å². The molecule has 2 aromatic heterocycles. The molecule has 0 N–H and O–H groups in total. The van der Waals surface area contributed by atoms with Crippen molar-refractivity contribution in [3.8, 4) is 11.3 Å². The second-order valence-electron chi connectivity index (χ2n) is 5.88. The molecular formula is C21H13FN2. The highest BCUT2D eigenvalue weighted by molar-refractivity contribution is 5.98. The van der Waals surface area contributed by atoms with Crippen LogP contribution in [0.2, 0.25) is 0 Å². The molecule has 0 radical (unpaired) electrons. The lowest BCUT2D eigenvalue weighted by atomic mass is 10.1. The van der Waals surface area contributed by atoms with Crippen LogP contribution in [-0.2, 0) is 0 Å².